The highest BCUT2D eigenvalue weighted by Crippen LogP contribution is 2.36. The predicted octanol–water partition coefficient (Wildman–Crippen LogP) is 1.15. The van der Waals surface area contributed by atoms with Crippen molar-refractivity contribution >= 4 is 11.9 Å². The van der Waals surface area contributed by atoms with Crippen LogP contribution in [0.15, 0.2) is 30.6 Å². The van der Waals surface area contributed by atoms with E-state index in [1.54, 1.807) is 19.4 Å². The lowest BCUT2D eigenvalue weighted by molar-refractivity contribution is 0.0962. The van der Waals surface area contributed by atoms with Crippen molar-refractivity contribution in [3.05, 3.63) is 41.7 Å². The number of nitrogens with one attached hydrogen (secondary N) is 2. The van der Waals surface area contributed by atoms with Gasteiger partial charge in [0, 0.05) is 45.0 Å². The average Bonchev–Trinajstić information content (AvgIpc) is 3.20. The molecule has 2 aliphatic heterocycles. The van der Waals surface area contributed by atoms with Gasteiger partial charge in [-0.15, -0.1) is 0 Å². The Balaban J connectivity index is 1.57. The molecule has 0 radical (unpaired) electrons. The van der Waals surface area contributed by atoms with Gasteiger partial charge in [-0.25, -0.2) is 9.97 Å². The fraction of sp³-hybridized carbons (Fsp3) is 0.421. The number of hydrogen-bond donors (Lipinski definition) is 2. The topological polar surface area (TPSA) is 88.6 Å². The summed E-state index contributed by atoms with van der Waals surface area (Å²) in [6.07, 6.45) is 3.15. The molecule has 2 aliphatic rings. The molecule has 1 fully saturated rings. The normalized spacial score (nSPS) is 19.6. The first-order chi connectivity index (χ1) is 13.2. The molecule has 0 spiro atoms. The quantitative estimate of drug-likeness (QED) is 0.836. The first kappa shape index (κ1) is 17.5. The van der Waals surface area contributed by atoms with Gasteiger partial charge in [0.2, 0.25) is 12.7 Å². The number of hydrogen-bond acceptors (Lipinski definition) is 7. The largest absolute Gasteiger partial charge is 0.454 e. The van der Waals surface area contributed by atoms with Gasteiger partial charge in [-0.1, -0.05) is 13.0 Å². The van der Waals surface area contributed by atoms with E-state index in [2.05, 4.69) is 44.6 Å². The molecule has 3 heterocycles. The molecule has 2 N–H and O–H groups in total. The van der Waals surface area contributed by atoms with Crippen LogP contribution in [0.4, 0.5) is 5.95 Å². The average molecular weight is 369 g/mol. The van der Waals surface area contributed by atoms with Crippen LogP contribution in [-0.2, 0) is 0 Å². The number of rotatable bonds is 4. The van der Waals surface area contributed by atoms with E-state index in [0.29, 0.717) is 11.5 Å². The van der Waals surface area contributed by atoms with E-state index in [-0.39, 0.29) is 24.7 Å². The van der Waals surface area contributed by atoms with E-state index in [1.165, 1.54) is 5.56 Å². The molecule has 4 rings (SSSR count). The van der Waals surface area contributed by atoms with Crippen LogP contribution in [0.1, 0.15) is 28.8 Å². The van der Waals surface area contributed by atoms with E-state index in [4.69, 9.17) is 9.47 Å². The van der Waals surface area contributed by atoms with Crippen LogP contribution in [0.2, 0.25) is 0 Å². The Morgan fingerprint density at radius 2 is 2.07 bits per heavy atom. The summed E-state index contributed by atoms with van der Waals surface area (Å²) in [6, 6.07) is 6.28. The molecule has 1 aromatic carbocycles. The first-order valence-electron chi connectivity index (χ1n) is 9.08. The SMILES string of the molecule is CNC(=O)c1cnc(N2CCNCC2[C@@H](C)c2ccc3c(c2)OCO3)nc1. The van der Waals surface area contributed by atoms with Crippen molar-refractivity contribution in [2.24, 2.45) is 0 Å². The van der Waals surface area contributed by atoms with E-state index >= 15 is 0 Å². The number of aromatic nitrogens is 2. The highest BCUT2D eigenvalue weighted by Gasteiger charge is 2.31. The van der Waals surface area contributed by atoms with E-state index < -0.39 is 0 Å². The summed E-state index contributed by atoms with van der Waals surface area (Å²) in [7, 11) is 1.59. The van der Waals surface area contributed by atoms with Crippen LogP contribution < -0.4 is 25.0 Å². The molecule has 27 heavy (non-hydrogen) atoms. The number of benzene rings is 1. The molecule has 142 valence electrons. The number of nitrogens with zero attached hydrogens (tertiary/aromatic N) is 3. The van der Waals surface area contributed by atoms with Gasteiger partial charge in [-0.3, -0.25) is 4.79 Å². The predicted molar refractivity (Wildman–Crippen MR) is 100 cm³/mol. The molecular formula is C19H23N5O3. The lowest BCUT2D eigenvalue weighted by atomic mass is 9.91. The van der Waals surface area contributed by atoms with Gasteiger partial charge in [0.25, 0.3) is 5.91 Å². The molecule has 2 aromatic rings. The third-order valence-electron chi connectivity index (χ3n) is 5.17. The maximum atomic E-state index is 11.7. The van der Waals surface area contributed by atoms with Crippen LogP contribution in [0, 0.1) is 0 Å². The van der Waals surface area contributed by atoms with Crippen LogP contribution in [0.5, 0.6) is 11.5 Å². The lowest BCUT2D eigenvalue weighted by Gasteiger charge is -2.39. The fourth-order valence-corrected chi connectivity index (χ4v) is 3.57. The minimum atomic E-state index is -0.188. The second-order valence-electron chi connectivity index (χ2n) is 6.72. The van der Waals surface area contributed by atoms with Crippen molar-refractivity contribution in [2.45, 2.75) is 18.9 Å². The van der Waals surface area contributed by atoms with Crippen LogP contribution in [0.25, 0.3) is 0 Å². The van der Waals surface area contributed by atoms with Crippen LogP contribution >= 0.6 is 0 Å². The molecule has 0 aliphatic carbocycles. The summed E-state index contributed by atoms with van der Waals surface area (Å²) in [5, 5.41) is 6.04. The Bertz CT molecular complexity index is 827. The number of anilines is 1. The second kappa shape index (κ2) is 7.40. The Kier molecular flexibility index (Phi) is 4.81. The maximum Gasteiger partial charge on any atom is 0.254 e. The van der Waals surface area contributed by atoms with Crippen molar-refractivity contribution < 1.29 is 14.3 Å². The molecule has 1 unspecified atom stereocenters. The maximum absolute atomic E-state index is 11.7. The van der Waals surface area contributed by atoms with Crippen LogP contribution in [-0.4, -0.2) is 55.4 Å². The minimum absolute atomic E-state index is 0.185. The third kappa shape index (κ3) is 3.40. The summed E-state index contributed by atoms with van der Waals surface area (Å²) in [4.78, 5) is 22.8. The summed E-state index contributed by atoms with van der Waals surface area (Å²) in [6.45, 7) is 4.97. The molecule has 2 atom stereocenters. The van der Waals surface area contributed by atoms with Crippen molar-refractivity contribution in [1.82, 2.24) is 20.6 Å². The Morgan fingerprint density at radius 1 is 1.30 bits per heavy atom. The fourth-order valence-electron chi connectivity index (χ4n) is 3.57. The highest BCUT2D eigenvalue weighted by atomic mass is 16.7. The van der Waals surface area contributed by atoms with Crippen molar-refractivity contribution in [2.75, 3.05) is 38.4 Å². The Labute approximate surface area is 157 Å². The Morgan fingerprint density at radius 3 is 2.85 bits per heavy atom. The summed E-state index contributed by atoms with van der Waals surface area (Å²) in [5.41, 5.74) is 1.64. The summed E-state index contributed by atoms with van der Waals surface area (Å²) < 4.78 is 10.9. The third-order valence-corrected chi connectivity index (χ3v) is 5.17. The number of fused-ring (bicyclic) bond motifs is 1. The van der Waals surface area contributed by atoms with Gasteiger partial charge in [-0.05, 0) is 17.7 Å². The molecule has 1 saturated heterocycles. The summed E-state index contributed by atoms with van der Waals surface area (Å²) >= 11 is 0. The smallest absolute Gasteiger partial charge is 0.254 e. The van der Waals surface area contributed by atoms with Crippen LogP contribution in [0.3, 0.4) is 0 Å². The van der Waals surface area contributed by atoms with E-state index in [1.807, 2.05) is 6.07 Å². The zero-order valence-corrected chi connectivity index (χ0v) is 15.4. The van der Waals surface area contributed by atoms with Crippen molar-refractivity contribution in [3.63, 3.8) is 0 Å². The second-order valence-corrected chi connectivity index (χ2v) is 6.72. The van der Waals surface area contributed by atoms with Crippen molar-refractivity contribution in [3.8, 4) is 11.5 Å². The molecule has 0 saturated carbocycles. The number of piperazine rings is 1. The Hall–Kier alpha value is -2.87. The van der Waals surface area contributed by atoms with Gasteiger partial charge in [0.1, 0.15) is 0 Å². The van der Waals surface area contributed by atoms with Gasteiger partial charge in [-0.2, -0.15) is 0 Å². The highest BCUT2D eigenvalue weighted by molar-refractivity contribution is 5.93. The standard InChI is InChI=1S/C19H23N5O3/c1-12(13-3-4-16-17(7-13)27-11-26-16)15-10-21-5-6-24(15)19-22-8-14(9-23-19)18(25)20-2/h3-4,7-9,12,15,21H,5-6,10-11H2,1-2H3,(H,20,25)/t12-,15?/m0/s1. The van der Waals surface area contributed by atoms with Gasteiger partial charge in [0.05, 0.1) is 11.6 Å². The lowest BCUT2D eigenvalue weighted by Crippen LogP contribution is -2.54. The molecule has 0 bridgehead atoms. The van der Waals surface area contributed by atoms with E-state index in [9.17, 15) is 4.79 Å². The molecule has 1 aromatic heterocycles. The minimum Gasteiger partial charge on any atom is -0.454 e. The molecule has 8 nitrogen and oxygen atoms in total. The summed E-state index contributed by atoms with van der Waals surface area (Å²) in [5.74, 6) is 2.27. The molecule has 1 amide bonds. The van der Waals surface area contributed by atoms with Crippen molar-refractivity contribution in [1.29, 1.82) is 0 Å². The van der Waals surface area contributed by atoms with E-state index in [0.717, 1.165) is 31.1 Å². The van der Waals surface area contributed by atoms with Gasteiger partial charge >= 0.3 is 0 Å². The van der Waals surface area contributed by atoms with Gasteiger partial charge < -0.3 is 25.0 Å². The number of carbonyl (C=O) groups is 1. The zero-order chi connectivity index (χ0) is 18.8. The van der Waals surface area contributed by atoms with Gasteiger partial charge in [0.15, 0.2) is 11.5 Å². The number of ether oxygens (including phenoxy) is 2. The molecule has 8 heteroatoms. The zero-order valence-electron chi connectivity index (χ0n) is 15.4. The molecular weight excluding hydrogens is 346 g/mol. The first-order valence-corrected chi connectivity index (χ1v) is 9.08. The number of carbonyl (C=O) groups excluding carboxylic acids is 1. The number of amides is 1. The monoisotopic (exact) mass is 369 g/mol.